The number of aryl methyl sites for hydroxylation is 1. The van der Waals surface area contributed by atoms with Crippen molar-refractivity contribution in [2.24, 2.45) is 0 Å². The first-order chi connectivity index (χ1) is 11.0. The van der Waals surface area contributed by atoms with Crippen molar-refractivity contribution in [2.75, 3.05) is 24.8 Å². The topological polar surface area (TPSA) is 56.5 Å². The Labute approximate surface area is 133 Å². The Hall–Kier alpha value is -2.76. The molecule has 0 amide bonds. The van der Waals surface area contributed by atoms with Gasteiger partial charge in [0, 0.05) is 6.07 Å². The van der Waals surface area contributed by atoms with Crippen molar-refractivity contribution in [3.63, 3.8) is 0 Å². The van der Waals surface area contributed by atoms with Gasteiger partial charge < -0.3 is 20.5 Å². The van der Waals surface area contributed by atoms with Gasteiger partial charge in [-0.1, -0.05) is 18.7 Å². The zero-order chi connectivity index (χ0) is 17.0. The molecule has 0 atom stereocenters. The molecule has 2 rings (SSSR count). The number of hydrogen-bond donors (Lipinski definition) is 2. The Morgan fingerprint density at radius 3 is 2.61 bits per heavy atom. The van der Waals surface area contributed by atoms with Crippen LogP contribution in [0.5, 0.6) is 11.5 Å². The van der Waals surface area contributed by atoms with E-state index in [2.05, 4.69) is 11.9 Å². The van der Waals surface area contributed by atoms with Gasteiger partial charge in [0.1, 0.15) is 29.5 Å². The average molecular weight is 320 g/mol. The van der Waals surface area contributed by atoms with E-state index in [1.54, 1.807) is 13.0 Å². The van der Waals surface area contributed by atoms with E-state index < -0.39 is 11.6 Å². The van der Waals surface area contributed by atoms with Crippen LogP contribution >= 0.6 is 0 Å². The Balaban J connectivity index is 2.48. The van der Waals surface area contributed by atoms with E-state index in [-0.39, 0.29) is 35.2 Å². The van der Waals surface area contributed by atoms with Gasteiger partial charge in [0.15, 0.2) is 11.6 Å². The molecule has 4 nitrogen and oxygen atoms in total. The number of nitrogens with two attached hydrogens (primary N) is 1. The Bertz CT molecular complexity index is 733. The number of ether oxygens (including phenoxy) is 2. The molecule has 0 saturated heterocycles. The van der Waals surface area contributed by atoms with Crippen LogP contribution in [0.2, 0.25) is 0 Å². The summed E-state index contributed by atoms with van der Waals surface area (Å²) >= 11 is 0. The molecule has 3 N–H and O–H groups in total. The number of nitrogens with one attached hydrogen (secondary N) is 1. The van der Waals surface area contributed by atoms with Crippen molar-refractivity contribution < 1.29 is 18.3 Å². The Kier molecular flexibility index (Phi) is 5.05. The van der Waals surface area contributed by atoms with Crippen LogP contribution in [0.3, 0.4) is 0 Å². The Morgan fingerprint density at radius 2 is 2.00 bits per heavy atom. The van der Waals surface area contributed by atoms with Crippen molar-refractivity contribution in [1.82, 2.24) is 0 Å². The molecular weight excluding hydrogens is 302 g/mol. The van der Waals surface area contributed by atoms with Crippen LogP contribution in [-0.4, -0.2) is 13.7 Å². The van der Waals surface area contributed by atoms with Crippen LogP contribution in [0.4, 0.5) is 25.8 Å². The normalized spacial score (nSPS) is 10.3. The number of nitrogen functional groups attached to an aromatic ring is 1. The third kappa shape index (κ3) is 3.53. The minimum absolute atomic E-state index is 0.0186. The fourth-order valence-electron chi connectivity index (χ4n) is 2.02. The quantitative estimate of drug-likeness (QED) is 0.619. The summed E-state index contributed by atoms with van der Waals surface area (Å²) in [7, 11) is 1.32. The van der Waals surface area contributed by atoms with Gasteiger partial charge in [-0.05, 0) is 24.6 Å². The standard InChI is InChI=1S/C17H18F2N2O2/c1-4-7-23-14-9-13(22-3)15(19)17(16(14)20)21-12-6-5-10(2)8-11(12)18/h4-6,8-9,21H,1,7,20H2,2-3H3. The Morgan fingerprint density at radius 1 is 1.26 bits per heavy atom. The molecule has 23 heavy (non-hydrogen) atoms. The maximum absolute atomic E-state index is 14.5. The number of hydrogen-bond acceptors (Lipinski definition) is 4. The van der Waals surface area contributed by atoms with E-state index >= 15 is 0 Å². The van der Waals surface area contributed by atoms with Gasteiger partial charge in [-0.2, -0.15) is 0 Å². The summed E-state index contributed by atoms with van der Waals surface area (Å²) in [6, 6.07) is 5.89. The van der Waals surface area contributed by atoms with Gasteiger partial charge in [-0.25, -0.2) is 8.78 Å². The fraction of sp³-hybridized carbons (Fsp3) is 0.176. The number of rotatable bonds is 6. The molecule has 0 aliphatic carbocycles. The van der Waals surface area contributed by atoms with Gasteiger partial charge in [0.05, 0.1) is 12.8 Å². The van der Waals surface area contributed by atoms with Crippen LogP contribution in [0.1, 0.15) is 5.56 Å². The molecule has 0 aliphatic rings. The molecule has 0 bridgehead atoms. The van der Waals surface area contributed by atoms with Crippen molar-refractivity contribution in [1.29, 1.82) is 0 Å². The molecule has 0 spiro atoms. The zero-order valence-corrected chi connectivity index (χ0v) is 13.0. The molecule has 0 saturated carbocycles. The molecule has 0 aliphatic heterocycles. The molecule has 0 radical (unpaired) electrons. The molecule has 2 aromatic rings. The highest BCUT2D eigenvalue weighted by Crippen LogP contribution is 2.40. The summed E-state index contributed by atoms with van der Waals surface area (Å²) in [5.74, 6) is -1.08. The van der Waals surface area contributed by atoms with Crippen LogP contribution in [0.25, 0.3) is 0 Å². The van der Waals surface area contributed by atoms with Crippen LogP contribution in [0.15, 0.2) is 36.9 Å². The van der Waals surface area contributed by atoms with Crippen molar-refractivity contribution in [3.8, 4) is 11.5 Å². The van der Waals surface area contributed by atoms with Gasteiger partial charge in [0.25, 0.3) is 0 Å². The molecule has 0 heterocycles. The molecular formula is C17H18F2N2O2. The highest BCUT2D eigenvalue weighted by atomic mass is 19.1. The SMILES string of the molecule is C=CCOc1cc(OC)c(F)c(Nc2ccc(C)cc2F)c1N. The molecule has 0 unspecified atom stereocenters. The zero-order valence-electron chi connectivity index (χ0n) is 13.0. The minimum atomic E-state index is -0.726. The van der Waals surface area contributed by atoms with Gasteiger partial charge >= 0.3 is 0 Å². The monoisotopic (exact) mass is 320 g/mol. The number of anilines is 3. The second-order valence-corrected chi connectivity index (χ2v) is 4.89. The summed E-state index contributed by atoms with van der Waals surface area (Å²) in [4.78, 5) is 0. The molecule has 122 valence electrons. The first-order valence-corrected chi connectivity index (χ1v) is 6.90. The number of halogens is 2. The van der Waals surface area contributed by atoms with Crippen molar-refractivity contribution in [3.05, 3.63) is 54.1 Å². The van der Waals surface area contributed by atoms with Gasteiger partial charge in [-0.15, -0.1) is 0 Å². The summed E-state index contributed by atoms with van der Waals surface area (Å²) in [6.45, 7) is 5.49. The molecule has 0 fully saturated rings. The lowest BCUT2D eigenvalue weighted by Gasteiger charge is -2.17. The fourth-order valence-corrected chi connectivity index (χ4v) is 2.02. The van der Waals surface area contributed by atoms with Gasteiger partial charge in [-0.3, -0.25) is 0 Å². The molecule has 6 heteroatoms. The lowest BCUT2D eigenvalue weighted by molar-refractivity contribution is 0.353. The smallest absolute Gasteiger partial charge is 0.190 e. The van der Waals surface area contributed by atoms with E-state index in [9.17, 15) is 8.78 Å². The summed E-state index contributed by atoms with van der Waals surface area (Å²) < 4.78 is 38.8. The van der Waals surface area contributed by atoms with E-state index in [0.29, 0.717) is 0 Å². The largest absolute Gasteiger partial charge is 0.493 e. The number of benzene rings is 2. The summed E-state index contributed by atoms with van der Waals surface area (Å²) in [5, 5.41) is 2.67. The molecule has 0 aromatic heterocycles. The van der Waals surface area contributed by atoms with E-state index in [0.717, 1.165) is 5.56 Å². The highest BCUT2D eigenvalue weighted by molar-refractivity contribution is 5.80. The second kappa shape index (κ2) is 7.00. The van der Waals surface area contributed by atoms with Crippen LogP contribution in [0, 0.1) is 18.6 Å². The number of methoxy groups -OCH3 is 1. The average Bonchev–Trinajstić information content (AvgIpc) is 2.52. The van der Waals surface area contributed by atoms with Gasteiger partial charge in [0.2, 0.25) is 0 Å². The maximum atomic E-state index is 14.5. The first-order valence-electron chi connectivity index (χ1n) is 6.90. The third-order valence-electron chi connectivity index (χ3n) is 3.19. The maximum Gasteiger partial charge on any atom is 0.190 e. The lowest BCUT2D eigenvalue weighted by atomic mass is 10.2. The summed E-state index contributed by atoms with van der Waals surface area (Å²) in [6.07, 6.45) is 1.53. The van der Waals surface area contributed by atoms with E-state index in [4.69, 9.17) is 15.2 Å². The predicted octanol–water partition coefficient (Wildman–Crippen LogP) is 4.17. The summed E-state index contributed by atoms with van der Waals surface area (Å²) in [5.41, 5.74) is 6.70. The highest BCUT2D eigenvalue weighted by Gasteiger charge is 2.19. The minimum Gasteiger partial charge on any atom is -0.493 e. The third-order valence-corrected chi connectivity index (χ3v) is 3.19. The van der Waals surface area contributed by atoms with Crippen molar-refractivity contribution >= 4 is 17.1 Å². The lowest BCUT2D eigenvalue weighted by Crippen LogP contribution is -2.06. The van der Waals surface area contributed by atoms with E-state index in [1.165, 1.54) is 31.4 Å². The van der Waals surface area contributed by atoms with Crippen molar-refractivity contribution in [2.45, 2.75) is 6.92 Å². The van der Waals surface area contributed by atoms with E-state index in [1.807, 2.05) is 0 Å². The first kappa shape index (κ1) is 16.6. The second-order valence-electron chi connectivity index (χ2n) is 4.89. The van der Waals surface area contributed by atoms with Crippen LogP contribution < -0.4 is 20.5 Å². The molecule has 2 aromatic carbocycles. The predicted molar refractivity (Wildman–Crippen MR) is 87.5 cm³/mol. The van der Waals surface area contributed by atoms with Crippen LogP contribution in [-0.2, 0) is 0 Å².